The molecule has 1 aromatic heterocycles. The molecule has 106 valence electrons. The predicted molar refractivity (Wildman–Crippen MR) is 75.0 cm³/mol. The summed E-state index contributed by atoms with van der Waals surface area (Å²) < 4.78 is 7.89. The maximum atomic E-state index is 11.1. The predicted octanol–water partition coefficient (Wildman–Crippen LogP) is 2.61. The van der Waals surface area contributed by atoms with Gasteiger partial charge >= 0.3 is 5.97 Å². The smallest absolute Gasteiger partial charge is 0.335 e. The summed E-state index contributed by atoms with van der Waals surface area (Å²) in [7, 11) is 0. The molecule has 0 radical (unpaired) electrons. The lowest BCUT2D eigenvalue weighted by molar-refractivity contribution is 0.00665. The first-order valence-electron chi connectivity index (χ1n) is 6.83. The van der Waals surface area contributed by atoms with Crippen LogP contribution in [0.15, 0.2) is 18.2 Å². The zero-order valence-electron chi connectivity index (χ0n) is 11.7. The first-order chi connectivity index (χ1) is 9.48. The van der Waals surface area contributed by atoms with Gasteiger partial charge in [0, 0.05) is 6.61 Å². The third kappa shape index (κ3) is 2.18. The number of hydrogen-bond acceptors (Lipinski definition) is 3. The van der Waals surface area contributed by atoms with E-state index < -0.39 is 5.97 Å². The average Bonchev–Trinajstić information content (AvgIpc) is 2.95. The van der Waals surface area contributed by atoms with Gasteiger partial charge in [0.15, 0.2) is 0 Å². The van der Waals surface area contributed by atoms with Crippen molar-refractivity contribution in [3.63, 3.8) is 0 Å². The Morgan fingerprint density at radius 2 is 2.35 bits per heavy atom. The van der Waals surface area contributed by atoms with Crippen LogP contribution in [0.2, 0.25) is 0 Å². The van der Waals surface area contributed by atoms with Crippen molar-refractivity contribution in [2.24, 2.45) is 0 Å². The largest absolute Gasteiger partial charge is 0.478 e. The Balaban J connectivity index is 2.06. The number of rotatable bonds is 3. The first-order valence-corrected chi connectivity index (χ1v) is 6.83. The van der Waals surface area contributed by atoms with Crippen molar-refractivity contribution in [1.29, 1.82) is 0 Å². The number of carbonyl (C=O) groups is 1. The number of carboxylic acid groups (broad SMARTS) is 1. The number of nitrogens with zero attached hydrogens (tertiary/aromatic N) is 2. The second-order valence-electron chi connectivity index (χ2n) is 5.66. The number of ether oxygens (including phenoxy) is 1. The third-order valence-electron chi connectivity index (χ3n) is 3.98. The quantitative estimate of drug-likeness (QED) is 0.934. The Labute approximate surface area is 117 Å². The highest BCUT2D eigenvalue weighted by Gasteiger charge is 2.31. The van der Waals surface area contributed by atoms with Gasteiger partial charge in [-0.1, -0.05) is 0 Å². The van der Waals surface area contributed by atoms with Gasteiger partial charge in [0.2, 0.25) is 0 Å². The first kappa shape index (κ1) is 13.1. The summed E-state index contributed by atoms with van der Waals surface area (Å²) >= 11 is 0. The molecule has 2 heterocycles. The van der Waals surface area contributed by atoms with Crippen molar-refractivity contribution in [3.8, 4) is 0 Å². The average molecular weight is 274 g/mol. The summed E-state index contributed by atoms with van der Waals surface area (Å²) in [6.45, 7) is 5.55. The molecule has 1 unspecified atom stereocenters. The van der Waals surface area contributed by atoms with Gasteiger partial charge in [-0.05, 0) is 44.9 Å². The molecule has 1 N–H and O–H groups in total. The molecule has 0 aliphatic carbocycles. The molecular weight excluding hydrogens is 256 g/mol. The van der Waals surface area contributed by atoms with Crippen molar-refractivity contribution in [3.05, 3.63) is 29.6 Å². The maximum absolute atomic E-state index is 11.1. The number of hydrogen-bond donors (Lipinski definition) is 1. The highest BCUT2D eigenvalue weighted by molar-refractivity contribution is 5.92. The number of aryl methyl sites for hydroxylation is 1. The van der Waals surface area contributed by atoms with E-state index in [0.717, 1.165) is 36.3 Å². The number of benzene rings is 1. The Bertz CT molecular complexity index is 669. The Kier molecular flexibility index (Phi) is 3.01. The zero-order valence-corrected chi connectivity index (χ0v) is 11.7. The monoisotopic (exact) mass is 274 g/mol. The summed E-state index contributed by atoms with van der Waals surface area (Å²) in [5, 5.41) is 9.12. The molecule has 3 rings (SSSR count). The van der Waals surface area contributed by atoms with Gasteiger partial charge in [-0.15, -0.1) is 0 Å². The molecule has 1 aromatic carbocycles. The van der Waals surface area contributed by atoms with E-state index in [2.05, 4.69) is 16.5 Å². The molecule has 5 nitrogen and oxygen atoms in total. The van der Waals surface area contributed by atoms with Crippen LogP contribution in [0.3, 0.4) is 0 Å². The van der Waals surface area contributed by atoms with Crippen LogP contribution < -0.4 is 0 Å². The summed E-state index contributed by atoms with van der Waals surface area (Å²) in [6, 6.07) is 5.05. The number of carboxylic acids is 1. The van der Waals surface area contributed by atoms with E-state index in [0.29, 0.717) is 6.54 Å². The molecule has 20 heavy (non-hydrogen) atoms. The van der Waals surface area contributed by atoms with E-state index >= 15 is 0 Å². The van der Waals surface area contributed by atoms with E-state index in [1.165, 1.54) is 0 Å². The molecule has 1 saturated heterocycles. The van der Waals surface area contributed by atoms with Gasteiger partial charge in [-0.2, -0.15) is 0 Å². The van der Waals surface area contributed by atoms with E-state index in [-0.39, 0.29) is 11.2 Å². The third-order valence-corrected chi connectivity index (χ3v) is 3.98. The molecule has 0 spiro atoms. The minimum absolute atomic E-state index is 0.183. The second kappa shape index (κ2) is 4.59. The number of aromatic nitrogens is 2. The van der Waals surface area contributed by atoms with Crippen LogP contribution >= 0.6 is 0 Å². The Morgan fingerprint density at radius 1 is 1.55 bits per heavy atom. The fourth-order valence-electron chi connectivity index (χ4n) is 2.87. The van der Waals surface area contributed by atoms with Crippen LogP contribution in [0.1, 0.15) is 35.9 Å². The highest BCUT2D eigenvalue weighted by atomic mass is 16.5. The van der Waals surface area contributed by atoms with Gasteiger partial charge in [-0.3, -0.25) is 0 Å². The molecular formula is C15H18N2O3. The summed E-state index contributed by atoms with van der Waals surface area (Å²) in [5.74, 6) is -0.0279. The minimum Gasteiger partial charge on any atom is -0.478 e. The molecule has 2 aromatic rings. The maximum Gasteiger partial charge on any atom is 0.335 e. The summed E-state index contributed by atoms with van der Waals surface area (Å²) in [5.41, 5.74) is 1.79. The second-order valence-corrected chi connectivity index (χ2v) is 5.66. The number of fused-ring (bicyclic) bond motifs is 1. The van der Waals surface area contributed by atoms with E-state index in [1.54, 1.807) is 18.2 Å². The molecule has 1 atom stereocenters. The van der Waals surface area contributed by atoms with Crippen LogP contribution in [-0.4, -0.2) is 32.8 Å². The Morgan fingerprint density at radius 3 is 3.00 bits per heavy atom. The van der Waals surface area contributed by atoms with E-state index in [4.69, 9.17) is 9.84 Å². The van der Waals surface area contributed by atoms with Crippen molar-refractivity contribution < 1.29 is 14.6 Å². The fourth-order valence-corrected chi connectivity index (χ4v) is 2.87. The van der Waals surface area contributed by atoms with E-state index in [1.807, 2.05) is 6.92 Å². The molecule has 0 saturated carbocycles. The van der Waals surface area contributed by atoms with Crippen LogP contribution in [0.5, 0.6) is 0 Å². The lowest BCUT2D eigenvalue weighted by Gasteiger charge is -2.24. The van der Waals surface area contributed by atoms with Gasteiger partial charge in [-0.25, -0.2) is 9.78 Å². The number of imidazole rings is 1. The van der Waals surface area contributed by atoms with Gasteiger partial charge < -0.3 is 14.4 Å². The van der Waals surface area contributed by atoms with Crippen molar-refractivity contribution in [1.82, 2.24) is 9.55 Å². The lowest BCUT2D eigenvalue weighted by atomic mass is 10.0. The molecule has 0 amide bonds. The van der Waals surface area contributed by atoms with Gasteiger partial charge in [0.1, 0.15) is 5.82 Å². The minimum atomic E-state index is -0.916. The molecule has 5 heteroatoms. The number of aromatic carboxylic acids is 1. The zero-order chi connectivity index (χ0) is 14.3. The van der Waals surface area contributed by atoms with Crippen molar-refractivity contribution >= 4 is 17.0 Å². The normalized spacial score (nSPS) is 22.5. The molecule has 1 aliphatic heterocycles. The summed E-state index contributed by atoms with van der Waals surface area (Å²) in [6.07, 6.45) is 2.09. The Hall–Kier alpha value is -1.88. The lowest BCUT2D eigenvalue weighted by Crippen LogP contribution is -2.30. The van der Waals surface area contributed by atoms with Crippen LogP contribution in [0, 0.1) is 6.92 Å². The van der Waals surface area contributed by atoms with Crippen LogP contribution in [0.25, 0.3) is 11.0 Å². The molecule has 1 fully saturated rings. The van der Waals surface area contributed by atoms with Gasteiger partial charge in [0.25, 0.3) is 0 Å². The van der Waals surface area contributed by atoms with Gasteiger partial charge in [0.05, 0.1) is 28.7 Å². The van der Waals surface area contributed by atoms with Crippen molar-refractivity contribution in [2.45, 2.75) is 38.8 Å². The fraction of sp³-hybridized carbons (Fsp3) is 0.467. The molecule has 1 aliphatic rings. The highest BCUT2D eigenvalue weighted by Crippen LogP contribution is 2.29. The standard InChI is InChI=1S/C15H18N2O3/c1-10-16-12-5-4-11(14(18)19)8-13(12)17(10)9-15(2)6-3-7-20-15/h4-5,8H,3,6-7,9H2,1-2H3,(H,18,19). The van der Waals surface area contributed by atoms with Crippen LogP contribution in [0.4, 0.5) is 0 Å². The molecule has 0 bridgehead atoms. The topological polar surface area (TPSA) is 64.3 Å². The SMILES string of the molecule is Cc1nc2ccc(C(=O)O)cc2n1CC1(C)CCCO1. The van der Waals surface area contributed by atoms with Crippen LogP contribution in [-0.2, 0) is 11.3 Å². The van der Waals surface area contributed by atoms with Crippen molar-refractivity contribution in [2.75, 3.05) is 6.61 Å². The summed E-state index contributed by atoms with van der Waals surface area (Å²) in [4.78, 5) is 15.6. The van der Waals surface area contributed by atoms with E-state index in [9.17, 15) is 4.79 Å².